The molecule has 1 unspecified atom stereocenters. The molecule has 7 heteroatoms. The molecule has 2 N–H and O–H groups in total. The molecule has 0 saturated carbocycles. The Balaban J connectivity index is 2.52. The van der Waals surface area contributed by atoms with Gasteiger partial charge >= 0.3 is 5.97 Å². The number of aromatic nitrogens is 3. The molecule has 0 radical (unpaired) electrons. The van der Waals surface area contributed by atoms with Gasteiger partial charge < -0.3 is 9.84 Å². The normalized spacial score (nSPS) is 12.7. The summed E-state index contributed by atoms with van der Waals surface area (Å²) in [5.74, 6) is 0.123. The Hall–Kier alpha value is -1.47. The van der Waals surface area contributed by atoms with Crippen molar-refractivity contribution in [1.29, 1.82) is 0 Å². The molecular formula is C12H22N4O3. The first-order chi connectivity index (χ1) is 9.06. The standard InChI is InChI=1S/C12H22N4O3/c1-9(2)6-11(12(18)19-3)13-7-10-8-16(4-5-17)15-14-10/h8-9,11,13,17H,4-7H2,1-3H3. The average Bonchev–Trinajstić information content (AvgIpc) is 2.81. The van der Waals surface area contributed by atoms with E-state index in [-0.39, 0.29) is 18.6 Å². The molecule has 1 heterocycles. The van der Waals surface area contributed by atoms with Crippen molar-refractivity contribution in [3.8, 4) is 0 Å². The highest BCUT2D eigenvalue weighted by Gasteiger charge is 2.20. The van der Waals surface area contributed by atoms with Crippen LogP contribution in [0.1, 0.15) is 26.0 Å². The third-order valence-corrected chi connectivity index (χ3v) is 2.64. The summed E-state index contributed by atoms with van der Waals surface area (Å²) >= 11 is 0. The second-order valence-electron chi connectivity index (χ2n) is 4.78. The summed E-state index contributed by atoms with van der Waals surface area (Å²) in [5.41, 5.74) is 0.728. The molecule has 1 aromatic rings. The number of nitrogens with one attached hydrogen (secondary N) is 1. The summed E-state index contributed by atoms with van der Waals surface area (Å²) < 4.78 is 6.33. The SMILES string of the molecule is COC(=O)C(CC(C)C)NCc1cn(CCO)nn1. The maximum atomic E-state index is 11.6. The Morgan fingerprint density at radius 3 is 2.89 bits per heavy atom. The number of rotatable bonds is 8. The predicted molar refractivity (Wildman–Crippen MR) is 69.2 cm³/mol. The van der Waals surface area contributed by atoms with Gasteiger partial charge in [0.05, 0.1) is 26.0 Å². The Morgan fingerprint density at radius 1 is 1.58 bits per heavy atom. The fourth-order valence-corrected chi connectivity index (χ4v) is 1.74. The zero-order valence-corrected chi connectivity index (χ0v) is 11.7. The minimum absolute atomic E-state index is 0.0222. The number of hydrogen-bond donors (Lipinski definition) is 2. The third-order valence-electron chi connectivity index (χ3n) is 2.64. The first-order valence-corrected chi connectivity index (χ1v) is 6.38. The number of ether oxygens (including phenoxy) is 1. The summed E-state index contributed by atoms with van der Waals surface area (Å²) in [7, 11) is 1.38. The molecule has 0 amide bonds. The van der Waals surface area contributed by atoms with E-state index in [9.17, 15) is 4.79 Å². The summed E-state index contributed by atoms with van der Waals surface area (Å²) in [4.78, 5) is 11.6. The largest absolute Gasteiger partial charge is 0.468 e. The summed E-state index contributed by atoms with van der Waals surface area (Å²) in [5, 5.41) is 19.7. The van der Waals surface area contributed by atoms with Crippen molar-refractivity contribution < 1.29 is 14.6 Å². The lowest BCUT2D eigenvalue weighted by Gasteiger charge is -2.17. The molecule has 1 rings (SSSR count). The van der Waals surface area contributed by atoms with Crippen LogP contribution in [0.4, 0.5) is 0 Å². The lowest BCUT2D eigenvalue weighted by Crippen LogP contribution is -2.38. The van der Waals surface area contributed by atoms with Crippen molar-refractivity contribution in [2.45, 2.75) is 39.4 Å². The van der Waals surface area contributed by atoms with E-state index in [0.29, 0.717) is 25.4 Å². The Bertz CT molecular complexity index is 392. The zero-order chi connectivity index (χ0) is 14.3. The molecule has 0 spiro atoms. The van der Waals surface area contributed by atoms with E-state index in [1.165, 1.54) is 7.11 Å². The monoisotopic (exact) mass is 270 g/mol. The number of aliphatic hydroxyl groups excluding tert-OH is 1. The predicted octanol–water partition coefficient (Wildman–Crippen LogP) is -0.0523. The van der Waals surface area contributed by atoms with E-state index < -0.39 is 0 Å². The van der Waals surface area contributed by atoms with Crippen molar-refractivity contribution in [3.63, 3.8) is 0 Å². The molecule has 0 fully saturated rings. The number of esters is 1. The fourth-order valence-electron chi connectivity index (χ4n) is 1.74. The highest BCUT2D eigenvalue weighted by molar-refractivity contribution is 5.75. The average molecular weight is 270 g/mol. The van der Waals surface area contributed by atoms with Gasteiger partial charge in [-0.2, -0.15) is 0 Å². The molecular weight excluding hydrogens is 248 g/mol. The molecule has 19 heavy (non-hydrogen) atoms. The van der Waals surface area contributed by atoms with Crippen LogP contribution in [0.2, 0.25) is 0 Å². The highest BCUT2D eigenvalue weighted by Crippen LogP contribution is 2.07. The van der Waals surface area contributed by atoms with E-state index in [4.69, 9.17) is 9.84 Å². The summed E-state index contributed by atoms with van der Waals surface area (Å²) in [6, 6.07) is -0.340. The van der Waals surface area contributed by atoms with Crippen LogP contribution in [0.3, 0.4) is 0 Å². The van der Waals surface area contributed by atoms with Crippen molar-refractivity contribution in [2.75, 3.05) is 13.7 Å². The summed E-state index contributed by atoms with van der Waals surface area (Å²) in [6.07, 6.45) is 2.45. The number of aliphatic hydroxyl groups is 1. The molecule has 0 aliphatic heterocycles. The van der Waals surface area contributed by atoms with E-state index >= 15 is 0 Å². The van der Waals surface area contributed by atoms with Gasteiger partial charge in [0.25, 0.3) is 0 Å². The van der Waals surface area contributed by atoms with Crippen LogP contribution in [-0.4, -0.2) is 45.8 Å². The molecule has 0 aliphatic carbocycles. The quantitative estimate of drug-likeness (QED) is 0.644. The smallest absolute Gasteiger partial charge is 0.322 e. The van der Waals surface area contributed by atoms with Crippen LogP contribution in [0.15, 0.2) is 6.20 Å². The van der Waals surface area contributed by atoms with E-state index in [1.54, 1.807) is 10.9 Å². The van der Waals surface area contributed by atoms with Crippen molar-refractivity contribution in [1.82, 2.24) is 20.3 Å². The van der Waals surface area contributed by atoms with Gasteiger partial charge in [-0.1, -0.05) is 19.1 Å². The lowest BCUT2D eigenvalue weighted by molar-refractivity contribution is -0.143. The van der Waals surface area contributed by atoms with Gasteiger partial charge in [-0.15, -0.1) is 5.10 Å². The number of methoxy groups -OCH3 is 1. The topological polar surface area (TPSA) is 89.3 Å². The molecule has 1 aromatic heterocycles. The van der Waals surface area contributed by atoms with Crippen LogP contribution < -0.4 is 5.32 Å². The molecule has 0 aromatic carbocycles. The molecule has 1 atom stereocenters. The molecule has 0 saturated heterocycles. The Kier molecular flexibility index (Phi) is 6.44. The second kappa shape index (κ2) is 7.85. The number of carbonyl (C=O) groups excluding carboxylic acids is 1. The highest BCUT2D eigenvalue weighted by atomic mass is 16.5. The fraction of sp³-hybridized carbons (Fsp3) is 0.750. The molecule has 7 nitrogen and oxygen atoms in total. The van der Waals surface area contributed by atoms with E-state index in [2.05, 4.69) is 29.5 Å². The second-order valence-corrected chi connectivity index (χ2v) is 4.78. The van der Waals surface area contributed by atoms with Gasteiger partial charge in [-0.3, -0.25) is 10.1 Å². The lowest BCUT2D eigenvalue weighted by atomic mass is 10.0. The van der Waals surface area contributed by atoms with Gasteiger partial charge in [0.15, 0.2) is 0 Å². The number of carbonyl (C=O) groups is 1. The van der Waals surface area contributed by atoms with Crippen molar-refractivity contribution >= 4 is 5.97 Å². The Morgan fingerprint density at radius 2 is 2.32 bits per heavy atom. The van der Waals surface area contributed by atoms with Crippen LogP contribution in [0.25, 0.3) is 0 Å². The van der Waals surface area contributed by atoms with Crippen molar-refractivity contribution in [3.05, 3.63) is 11.9 Å². The minimum atomic E-state index is -0.340. The van der Waals surface area contributed by atoms with Crippen LogP contribution >= 0.6 is 0 Å². The van der Waals surface area contributed by atoms with Crippen molar-refractivity contribution in [2.24, 2.45) is 5.92 Å². The van der Waals surface area contributed by atoms with Gasteiger partial charge in [0.2, 0.25) is 0 Å². The Labute approximate surface area is 112 Å². The van der Waals surface area contributed by atoms with Gasteiger partial charge in [-0.05, 0) is 12.3 Å². The first kappa shape index (κ1) is 15.6. The maximum Gasteiger partial charge on any atom is 0.322 e. The molecule has 0 bridgehead atoms. The van der Waals surface area contributed by atoms with E-state index in [0.717, 1.165) is 5.69 Å². The van der Waals surface area contributed by atoms with Crippen LogP contribution in [-0.2, 0) is 22.6 Å². The number of nitrogens with zero attached hydrogens (tertiary/aromatic N) is 3. The molecule has 0 aliphatic rings. The third kappa shape index (κ3) is 5.35. The van der Waals surface area contributed by atoms with E-state index in [1.807, 2.05) is 0 Å². The first-order valence-electron chi connectivity index (χ1n) is 6.38. The minimum Gasteiger partial charge on any atom is -0.468 e. The van der Waals surface area contributed by atoms with Crippen LogP contribution in [0.5, 0.6) is 0 Å². The number of hydrogen-bond acceptors (Lipinski definition) is 6. The van der Waals surface area contributed by atoms with Gasteiger partial charge in [0.1, 0.15) is 6.04 Å². The zero-order valence-electron chi connectivity index (χ0n) is 11.7. The van der Waals surface area contributed by atoms with Crippen LogP contribution in [0, 0.1) is 5.92 Å². The van der Waals surface area contributed by atoms with Gasteiger partial charge in [-0.25, -0.2) is 4.68 Å². The molecule has 108 valence electrons. The maximum absolute atomic E-state index is 11.6. The summed E-state index contributed by atoms with van der Waals surface area (Å²) in [6.45, 7) is 4.98. The van der Waals surface area contributed by atoms with Gasteiger partial charge in [0, 0.05) is 12.7 Å².